The lowest BCUT2D eigenvalue weighted by Gasteiger charge is -2.77. The fraction of sp³-hybridized carbons (Fsp3) is 0.375. The van der Waals surface area contributed by atoms with E-state index in [2.05, 4.69) is 148 Å². The summed E-state index contributed by atoms with van der Waals surface area (Å²) in [5, 5.41) is 0. The van der Waals surface area contributed by atoms with Crippen molar-refractivity contribution >= 4 is 17.1 Å². The third kappa shape index (κ3) is 3.51. The summed E-state index contributed by atoms with van der Waals surface area (Å²) in [6, 6.07) is 43.4. The SMILES string of the molecule is CC1(C)CCC(C)(C)c2c(N(c3ccccc3)c3cc(-c4ccccc4)cc4c3Oc3ccccc3C43C4CC5CC6CC3C64C5)cccc21. The third-order valence-corrected chi connectivity index (χ3v) is 15.0. The third-order valence-electron chi connectivity index (χ3n) is 15.0. The summed E-state index contributed by atoms with van der Waals surface area (Å²) in [6.07, 6.45) is 8.00. The molecule has 0 saturated heterocycles. The molecule has 11 rings (SSSR count). The molecule has 2 nitrogen and oxygen atoms in total. The zero-order chi connectivity index (χ0) is 33.6. The Hall–Kier alpha value is -4.30. The van der Waals surface area contributed by atoms with Crippen molar-refractivity contribution in [1.82, 2.24) is 0 Å². The van der Waals surface area contributed by atoms with Gasteiger partial charge in [-0.25, -0.2) is 0 Å². The van der Waals surface area contributed by atoms with E-state index in [0.29, 0.717) is 17.3 Å². The van der Waals surface area contributed by atoms with E-state index < -0.39 is 0 Å². The first-order valence-electron chi connectivity index (χ1n) is 19.2. The largest absolute Gasteiger partial charge is 0.455 e. The summed E-state index contributed by atoms with van der Waals surface area (Å²) in [5.41, 5.74) is 12.7. The maximum atomic E-state index is 7.34. The van der Waals surface area contributed by atoms with Crippen molar-refractivity contribution in [2.45, 2.75) is 82.5 Å². The quantitative estimate of drug-likeness (QED) is 0.191. The molecule has 4 fully saturated rings. The molecule has 1 aliphatic heterocycles. The van der Waals surface area contributed by atoms with Crippen molar-refractivity contribution in [3.63, 3.8) is 0 Å². The Labute approximate surface area is 297 Å². The highest BCUT2D eigenvalue weighted by atomic mass is 16.5. The van der Waals surface area contributed by atoms with Gasteiger partial charge in [0.15, 0.2) is 5.75 Å². The van der Waals surface area contributed by atoms with Crippen LogP contribution in [0.3, 0.4) is 0 Å². The Morgan fingerprint density at radius 3 is 2.10 bits per heavy atom. The molecular formula is C48H47NO. The Balaban J connectivity index is 1.24. The number of hydrogen-bond donors (Lipinski definition) is 0. The maximum Gasteiger partial charge on any atom is 0.155 e. The average molecular weight is 654 g/mol. The van der Waals surface area contributed by atoms with Gasteiger partial charge in [0.05, 0.1) is 11.4 Å². The van der Waals surface area contributed by atoms with Crippen LogP contribution in [0, 0.1) is 29.1 Å². The smallest absolute Gasteiger partial charge is 0.155 e. The van der Waals surface area contributed by atoms with Crippen LogP contribution < -0.4 is 9.64 Å². The Kier molecular flexibility index (Phi) is 5.72. The van der Waals surface area contributed by atoms with Gasteiger partial charge >= 0.3 is 0 Å². The minimum atomic E-state index is -0.00484. The summed E-state index contributed by atoms with van der Waals surface area (Å²) >= 11 is 0. The molecule has 0 radical (unpaired) electrons. The molecule has 5 aromatic rings. The van der Waals surface area contributed by atoms with Gasteiger partial charge < -0.3 is 9.64 Å². The van der Waals surface area contributed by atoms with Crippen molar-refractivity contribution in [3.05, 3.63) is 138 Å². The van der Waals surface area contributed by atoms with E-state index in [1.165, 1.54) is 76.9 Å². The predicted molar refractivity (Wildman–Crippen MR) is 204 cm³/mol. The molecule has 6 atom stereocenters. The minimum absolute atomic E-state index is 0.00484. The normalized spacial score (nSPS) is 31.0. The Bertz CT molecular complexity index is 2200. The highest BCUT2D eigenvalue weighted by molar-refractivity contribution is 5.89. The van der Waals surface area contributed by atoms with E-state index in [9.17, 15) is 0 Å². The van der Waals surface area contributed by atoms with Crippen molar-refractivity contribution < 1.29 is 4.74 Å². The molecule has 1 heterocycles. The van der Waals surface area contributed by atoms with E-state index in [1.54, 1.807) is 0 Å². The highest BCUT2D eigenvalue weighted by Crippen LogP contribution is 2.89. The zero-order valence-corrected chi connectivity index (χ0v) is 29.9. The van der Waals surface area contributed by atoms with Crippen molar-refractivity contribution in [2.75, 3.05) is 4.90 Å². The summed E-state index contributed by atoms with van der Waals surface area (Å²) in [7, 11) is 0. The molecule has 2 heteroatoms. The number of fused-ring (bicyclic) bond motifs is 8. The summed E-state index contributed by atoms with van der Waals surface area (Å²) < 4.78 is 7.34. The molecule has 6 unspecified atom stereocenters. The van der Waals surface area contributed by atoms with E-state index in [-0.39, 0.29) is 16.2 Å². The van der Waals surface area contributed by atoms with Gasteiger partial charge in [0, 0.05) is 22.2 Å². The van der Waals surface area contributed by atoms with Gasteiger partial charge in [0.1, 0.15) is 5.75 Å². The molecule has 50 heavy (non-hydrogen) atoms. The number of rotatable bonds is 4. The molecule has 5 aliphatic carbocycles. The first kappa shape index (κ1) is 29.4. The van der Waals surface area contributed by atoms with Crippen LogP contribution in [0.4, 0.5) is 17.1 Å². The van der Waals surface area contributed by atoms with Gasteiger partial charge in [-0.1, -0.05) is 107 Å². The lowest BCUT2D eigenvalue weighted by molar-refractivity contribution is -0.235. The zero-order valence-electron chi connectivity index (χ0n) is 29.9. The standard InChI is InChI=1S/C48H47NO/c1-45(2)22-23-46(3,4)43-36(45)19-13-20-38(43)49(34-16-9-6-10-17-34)39-27-32(31-14-7-5-8-15-31)26-37-44(39)50-40-21-12-11-18-35(40)48(37)41-25-30-24-33-28-42(48)47(33,41)29-30/h5-21,26-27,30,33,41-42H,22-25,28-29H2,1-4H3. The lowest BCUT2D eigenvalue weighted by Crippen LogP contribution is -2.74. The van der Waals surface area contributed by atoms with Gasteiger partial charge in [-0.05, 0) is 137 Å². The number of para-hydroxylation sites is 2. The summed E-state index contributed by atoms with van der Waals surface area (Å²) in [4.78, 5) is 2.58. The second-order valence-electron chi connectivity index (χ2n) is 18.0. The van der Waals surface area contributed by atoms with Gasteiger partial charge in [-0.2, -0.15) is 0 Å². The van der Waals surface area contributed by atoms with E-state index in [4.69, 9.17) is 4.74 Å². The first-order chi connectivity index (χ1) is 24.2. The molecule has 4 saturated carbocycles. The summed E-state index contributed by atoms with van der Waals surface area (Å²) in [5.74, 6) is 5.34. The second-order valence-corrected chi connectivity index (χ2v) is 18.0. The first-order valence-corrected chi connectivity index (χ1v) is 19.2. The topological polar surface area (TPSA) is 12.5 Å². The molecule has 0 N–H and O–H groups in total. The van der Waals surface area contributed by atoms with E-state index in [0.717, 1.165) is 35.4 Å². The molecule has 6 aliphatic rings. The number of nitrogens with zero attached hydrogens (tertiary/aromatic N) is 1. The molecule has 2 spiro atoms. The van der Waals surface area contributed by atoms with Crippen molar-refractivity contribution in [3.8, 4) is 22.6 Å². The van der Waals surface area contributed by atoms with Crippen LogP contribution in [0.5, 0.6) is 11.5 Å². The fourth-order valence-corrected chi connectivity index (χ4v) is 13.0. The number of benzene rings is 5. The van der Waals surface area contributed by atoms with Crippen LogP contribution >= 0.6 is 0 Å². The van der Waals surface area contributed by atoms with Crippen LogP contribution in [-0.2, 0) is 16.2 Å². The van der Waals surface area contributed by atoms with Crippen LogP contribution in [0.1, 0.15) is 88.5 Å². The van der Waals surface area contributed by atoms with Gasteiger partial charge in [-0.3, -0.25) is 0 Å². The van der Waals surface area contributed by atoms with Crippen LogP contribution in [0.25, 0.3) is 11.1 Å². The average Bonchev–Trinajstić information content (AvgIpc) is 3.66. The monoisotopic (exact) mass is 653 g/mol. The molecule has 0 amide bonds. The number of anilines is 3. The molecule has 250 valence electrons. The molecular weight excluding hydrogens is 607 g/mol. The van der Waals surface area contributed by atoms with Crippen LogP contribution in [-0.4, -0.2) is 0 Å². The van der Waals surface area contributed by atoms with E-state index in [1.807, 2.05) is 0 Å². The second kappa shape index (κ2) is 9.72. The number of hydrogen-bond acceptors (Lipinski definition) is 2. The maximum absolute atomic E-state index is 7.34. The lowest BCUT2D eigenvalue weighted by atomic mass is 9.26. The fourth-order valence-electron chi connectivity index (χ4n) is 13.0. The van der Waals surface area contributed by atoms with Crippen LogP contribution in [0.15, 0.2) is 115 Å². The summed E-state index contributed by atoms with van der Waals surface area (Å²) in [6.45, 7) is 9.79. The molecule has 5 aromatic carbocycles. The molecule has 2 bridgehead atoms. The van der Waals surface area contributed by atoms with Crippen LogP contribution in [0.2, 0.25) is 0 Å². The predicted octanol–water partition coefficient (Wildman–Crippen LogP) is 12.6. The Morgan fingerprint density at radius 1 is 0.600 bits per heavy atom. The number of ether oxygens (including phenoxy) is 1. The minimum Gasteiger partial charge on any atom is -0.455 e. The van der Waals surface area contributed by atoms with E-state index >= 15 is 0 Å². The Morgan fingerprint density at radius 2 is 1.30 bits per heavy atom. The van der Waals surface area contributed by atoms with Crippen molar-refractivity contribution in [1.29, 1.82) is 0 Å². The van der Waals surface area contributed by atoms with Crippen molar-refractivity contribution in [2.24, 2.45) is 29.1 Å². The van der Waals surface area contributed by atoms with Gasteiger partial charge in [0.2, 0.25) is 0 Å². The van der Waals surface area contributed by atoms with Gasteiger partial charge in [0.25, 0.3) is 0 Å². The highest BCUT2D eigenvalue weighted by Gasteiger charge is 2.84. The van der Waals surface area contributed by atoms with Gasteiger partial charge in [-0.15, -0.1) is 0 Å². The molecule has 0 aromatic heterocycles.